The summed E-state index contributed by atoms with van der Waals surface area (Å²) in [5.74, 6) is 1.16. The molecule has 154 valence electrons. The van der Waals surface area contributed by atoms with Gasteiger partial charge in [0.2, 0.25) is 5.91 Å². The molecule has 0 fully saturated rings. The largest absolute Gasteiger partial charge is 0.497 e. The molecule has 2 heterocycles. The molecule has 1 amide bonds. The number of ether oxygens (including phenoxy) is 2. The van der Waals surface area contributed by atoms with E-state index in [0.717, 1.165) is 27.9 Å². The Balaban J connectivity index is 1.75. The summed E-state index contributed by atoms with van der Waals surface area (Å²) in [5.41, 5.74) is 4.27. The van der Waals surface area contributed by atoms with Crippen LogP contribution in [-0.2, 0) is 4.79 Å². The minimum Gasteiger partial charge on any atom is -0.497 e. The number of hydrogen-bond acceptors (Lipinski definition) is 6. The molecule has 0 saturated carbocycles. The van der Waals surface area contributed by atoms with Crippen LogP contribution in [0, 0.1) is 5.92 Å². The van der Waals surface area contributed by atoms with E-state index in [1.165, 1.54) is 0 Å². The number of carbonyl (C=O) groups excluding carboxylic acids is 1. The van der Waals surface area contributed by atoms with Gasteiger partial charge >= 0.3 is 0 Å². The fourth-order valence-corrected chi connectivity index (χ4v) is 3.57. The standard InChI is InChI=1S/C23H24N4O3/c1-14(2)23(28)27-22(15-5-6-19-21(11-15)25-8-7-24-19)13-20(26-27)16-9-17(29-3)12-18(10-16)30-4/h5-12,14,22H,13H2,1-4H3/t22-/m0/s1. The summed E-state index contributed by atoms with van der Waals surface area (Å²) in [7, 11) is 3.23. The Hall–Kier alpha value is -3.48. The van der Waals surface area contributed by atoms with Crippen LogP contribution < -0.4 is 9.47 Å². The molecular weight excluding hydrogens is 380 g/mol. The maximum absolute atomic E-state index is 13.0. The van der Waals surface area contributed by atoms with Crippen LogP contribution in [-0.4, -0.2) is 40.8 Å². The Labute approximate surface area is 175 Å². The van der Waals surface area contributed by atoms with Crippen LogP contribution in [0.3, 0.4) is 0 Å². The molecule has 30 heavy (non-hydrogen) atoms. The summed E-state index contributed by atoms with van der Waals surface area (Å²) < 4.78 is 10.8. The number of amides is 1. The molecule has 1 aliphatic heterocycles. The fraction of sp³-hybridized carbons (Fsp3) is 0.304. The Kier molecular flexibility index (Phi) is 5.35. The first-order valence-corrected chi connectivity index (χ1v) is 9.85. The number of nitrogens with zero attached hydrogens (tertiary/aromatic N) is 4. The van der Waals surface area contributed by atoms with Crippen molar-refractivity contribution in [3.05, 3.63) is 59.9 Å². The molecule has 3 aromatic rings. The molecule has 0 bridgehead atoms. The second-order valence-corrected chi connectivity index (χ2v) is 7.51. The zero-order chi connectivity index (χ0) is 21.3. The van der Waals surface area contributed by atoms with E-state index in [1.54, 1.807) is 31.6 Å². The second kappa shape index (κ2) is 8.10. The van der Waals surface area contributed by atoms with Crippen molar-refractivity contribution in [3.63, 3.8) is 0 Å². The zero-order valence-corrected chi connectivity index (χ0v) is 17.5. The van der Waals surface area contributed by atoms with Crippen molar-refractivity contribution >= 4 is 22.7 Å². The van der Waals surface area contributed by atoms with E-state index in [-0.39, 0.29) is 17.9 Å². The molecule has 7 heteroatoms. The third kappa shape index (κ3) is 3.70. The summed E-state index contributed by atoms with van der Waals surface area (Å²) in [4.78, 5) is 21.7. The molecule has 0 N–H and O–H groups in total. The van der Waals surface area contributed by atoms with Crippen molar-refractivity contribution in [2.45, 2.75) is 26.3 Å². The average Bonchev–Trinajstić information content (AvgIpc) is 3.23. The topological polar surface area (TPSA) is 76.9 Å². The summed E-state index contributed by atoms with van der Waals surface area (Å²) in [6.45, 7) is 3.76. The SMILES string of the molecule is COc1cc(OC)cc(C2=NN(C(=O)C(C)C)[C@H](c3ccc4nccnc4c3)C2)c1. The molecule has 4 rings (SSSR count). The number of rotatable bonds is 5. The maximum Gasteiger partial charge on any atom is 0.245 e. The van der Waals surface area contributed by atoms with E-state index < -0.39 is 0 Å². The van der Waals surface area contributed by atoms with Gasteiger partial charge in [-0.3, -0.25) is 14.8 Å². The van der Waals surface area contributed by atoms with Crippen molar-refractivity contribution in [1.29, 1.82) is 0 Å². The molecule has 0 spiro atoms. The van der Waals surface area contributed by atoms with E-state index in [0.29, 0.717) is 17.9 Å². The van der Waals surface area contributed by atoms with Crippen molar-refractivity contribution in [2.75, 3.05) is 14.2 Å². The van der Waals surface area contributed by atoms with E-state index in [4.69, 9.17) is 14.6 Å². The van der Waals surface area contributed by atoms with E-state index in [1.807, 2.05) is 50.2 Å². The van der Waals surface area contributed by atoms with Gasteiger partial charge in [0.15, 0.2) is 0 Å². The molecule has 1 aliphatic rings. The van der Waals surface area contributed by atoms with Crippen LogP contribution in [0.4, 0.5) is 0 Å². The van der Waals surface area contributed by atoms with Crippen LogP contribution >= 0.6 is 0 Å². The molecule has 0 radical (unpaired) electrons. The minimum atomic E-state index is -0.210. The molecule has 7 nitrogen and oxygen atoms in total. The van der Waals surface area contributed by atoms with Crippen LogP contribution in [0.5, 0.6) is 11.5 Å². The lowest BCUT2D eigenvalue weighted by atomic mass is 9.97. The predicted octanol–water partition coefficient (Wildman–Crippen LogP) is 3.98. The van der Waals surface area contributed by atoms with Crippen molar-refractivity contribution < 1.29 is 14.3 Å². The number of methoxy groups -OCH3 is 2. The summed E-state index contributed by atoms with van der Waals surface area (Å²) >= 11 is 0. The van der Waals surface area contributed by atoms with E-state index in [2.05, 4.69) is 9.97 Å². The smallest absolute Gasteiger partial charge is 0.245 e. The molecule has 0 unspecified atom stereocenters. The molecular formula is C23H24N4O3. The van der Waals surface area contributed by atoms with E-state index >= 15 is 0 Å². The molecule has 1 aromatic heterocycles. The number of fused-ring (bicyclic) bond motifs is 1. The first-order valence-electron chi connectivity index (χ1n) is 9.85. The zero-order valence-electron chi connectivity index (χ0n) is 17.5. The Morgan fingerprint density at radius 3 is 2.30 bits per heavy atom. The van der Waals surface area contributed by atoms with E-state index in [9.17, 15) is 4.79 Å². The van der Waals surface area contributed by atoms with Crippen molar-refractivity contribution in [3.8, 4) is 11.5 Å². The van der Waals surface area contributed by atoms with Gasteiger partial charge in [-0.25, -0.2) is 5.01 Å². The van der Waals surface area contributed by atoms with Gasteiger partial charge in [0.25, 0.3) is 0 Å². The highest BCUT2D eigenvalue weighted by atomic mass is 16.5. The number of carbonyl (C=O) groups is 1. The lowest BCUT2D eigenvalue weighted by molar-refractivity contribution is -0.136. The Morgan fingerprint density at radius 1 is 1.00 bits per heavy atom. The van der Waals surface area contributed by atoms with Crippen LogP contribution in [0.25, 0.3) is 11.0 Å². The monoisotopic (exact) mass is 404 g/mol. The number of benzene rings is 2. The number of hydrogen-bond donors (Lipinski definition) is 0. The van der Waals surface area contributed by atoms with Gasteiger partial charge < -0.3 is 9.47 Å². The van der Waals surface area contributed by atoms with Crippen LogP contribution in [0.1, 0.15) is 37.4 Å². The van der Waals surface area contributed by atoms with Gasteiger partial charge in [0.05, 0.1) is 37.0 Å². The third-order valence-corrected chi connectivity index (χ3v) is 5.19. The highest BCUT2D eigenvalue weighted by Gasteiger charge is 2.34. The maximum atomic E-state index is 13.0. The summed E-state index contributed by atoms with van der Waals surface area (Å²) in [6.07, 6.45) is 3.92. The van der Waals surface area contributed by atoms with Gasteiger partial charge in [-0.2, -0.15) is 5.10 Å². The number of hydrazone groups is 1. The van der Waals surface area contributed by atoms with Crippen molar-refractivity contribution in [1.82, 2.24) is 15.0 Å². The lowest BCUT2D eigenvalue weighted by Crippen LogP contribution is -2.30. The summed E-state index contributed by atoms with van der Waals surface area (Å²) in [6, 6.07) is 11.3. The first kappa shape index (κ1) is 19.8. The number of aromatic nitrogens is 2. The fourth-order valence-electron chi connectivity index (χ4n) is 3.57. The Morgan fingerprint density at radius 2 is 1.67 bits per heavy atom. The molecule has 2 aromatic carbocycles. The first-order chi connectivity index (χ1) is 14.5. The lowest BCUT2D eigenvalue weighted by Gasteiger charge is -2.23. The van der Waals surface area contributed by atoms with Crippen LogP contribution in [0.15, 0.2) is 53.9 Å². The van der Waals surface area contributed by atoms with Crippen molar-refractivity contribution in [2.24, 2.45) is 11.0 Å². The van der Waals surface area contributed by atoms with Gasteiger partial charge in [0.1, 0.15) is 11.5 Å². The normalized spacial score (nSPS) is 16.1. The van der Waals surface area contributed by atoms with Crippen LogP contribution in [0.2, 0.25) is 0 Å². The minimum absolute atomic E-state index is 0.0240. The average molecular weight is 404 g/mol. The third-order valence-electron chi connectivity index (χ3n) is 5.19. The molecule has 1 atom stereocenters. The molecule has 0 saturated heterocycles. The Bertz CT molecular complexity index is 1100. The predicted molar refractivity (Wildman–Crippen MR) is 115 cm³/mol. The van der Waals surface area contributed by atoms with Gasteiger partial charge in [-0.05, 0) is 29.8 Å². The van der Waals surface area contributed by atoms with Gasteiger partial charge in [-0.1, -0.05) is 19.9 Å². The summed E-state index contributed by atoms with van der Waals surface area (Å²) in [5, 5.41) is 6.32. The highest BCUT2D eigenvalue weighted by Crippen LogP contribution is 2.36. The second-order valence-electron chi connectivity index (χ2n) is 7.51. The highest BCUT2D eigenvalue weighted by molar-refractivity contribution is 6.04. The quantitative estimate of drug-likeness (QED) is 0.643. The van der Waals surface area contributed by atoms with Gasteiger partial charge in [-0.15, -0.1) is 0 Å². The van der Waals surface area contributed by atoms with Gasteiger partial charge in [0, 0.05) is 36.4 Å². The molecule has 0 aliphatic carbocycles.